The summed E-state index contributed by atoms with van der Waals surface area (Å²) in [6.45, 7) is 0. The molecule has 0 bridgehead atoms. The van der Waals surface area contributed by atoms with Crippen molar-refractivity contribution in [2.45, 2.75) is 43.5 Å². The van der Waals surface area contributed by atoms with Gasteiger partial charge in [0.05, 0.1) is 0 Å². The molecular formula is C21H23Cl2NO. The number of hydrogen-bond acceptors (Lipinski definition) is 1. The number of nitrogens with zero attached hydrogens (tertiary/aromatic N) is 1. The van der Waals surface area contributed by atoms with Crippen LogP contribution in [0.3, 0.4) is 0 Å². The zero-order chi connectivity index (χ0) is 17.8. The van der Waals surface area contributed by atoms with Gasteiger partial charge in [0.15, 0.2) is 0 Å². The van der Waals surface area contributed by atoms with Crippen LogP contribution in [0.5, 0.6) is 0 Å². The Morgan fingerprint density at radius 2 is 1.60 bits per heavy atom. The maximum atomic E-state index is 12.6. The Hall–Kier alpha value is -1.51. The van der Waals surface area contributed by atoms with Gasteiger partial charge in [-0.3, -0.25) is 4.79 Å². The number of amides is 1. The zero-order valence-electron chi connectivity index (χ0n) is 14.4. The molecule has 0 atom stereocenters. The van der Waals surface area contributed by atoms with Crippen LogP contribution in [0.1, 0.15) is 53.1 Å². The average Bonchev–Trinajstić information content (AvgIpc) is 2.67. The molecule has 1 fully saturated rings. The van der Waals surface area contributed by atoms with Crippen molar-refractivity contribution >= 4 is 29.1 Å². The Kier molecular flexibility index (Phi) is 6.03. The number of rotatable bonds is 4. The van der Waals surface area contributed by atoms with E-state index < -0.39 is 0 Å². The molecule has 3 rings (SSSR count). The van der Waals surface area contributed by atoms with E-state index in [1.54, 1.807) is 24.3 Å². The minimum absolute atomic E-state index is 0.0755. The second kappa shape index (κ2) is 8.25. The van der Waals surface area contributed by atoms with Crippen molar-refractivity contribution < 1.29 is 4.79 Å². The molecule has 132 valence electrons. The Labute approximate surface area is 159 Å². The number of alkyl halides is 1. The quantitative estimate of drug-likeness (QED) is 0.611. The first-order valence-corrected chi connectivity index (χ1v) is 9.67. The summed E-state index contributed by atoms with van der Waals surface area (Å²) >= 11 is 11.8. The summed E-state index contributed by atoms with van der Waals surface area (Å²) in [6, 6.07) is 16.1. The summed E-state index contributed by atoms with van der Waals surface area (Å²) in [6.07, 6.45) is 4.31. The van der Waals surface area contributed by atoms with Gasteiger partial charge < -0.3 is 4.90 Å². The first-order chi connectivity index (χ1) is 12.1. The molecule has 0 radical (unpaired) electrons. The van der Waals surface area contributed by atoms with Gasteiger partial charge in [-0.25, -0.2) is 0 Å². The predicted molar refractivity (Wildman–Crippen MR) is 105 cm³/mol. The molecule has 1 saturated carbocycles. The molecule has 2 aromatic carbocycles. The molecular weight excluding hydrogens is 353 g/mol. The summed E-state index contributed by atoms with van der Waals surface area (Å²) in [5, 5.41) is 0.653. The minimum Gasteiger partial charge on any atom is -0.339 e. The van der Waals surface area contributed by atoms with Crippen molar-refractivity contribution in [2.24, 2.45) is 0 Å². The van der Waals surface area contributed by atoms with Crippen LogP contribution in [0.2, 0.25) is 5.02 Å². The minimum atomic E-state index is 0.0755. The van der Waals surface area contributed by atoms with Gasteiger partial charge in [-0.1, -0.05) is 35.9 Å². The van der Waals surface area contributed by atoms with Crippen LogP contribution < -0.4 is 0 Å². The van der Waals surface area contributed by atoms with E-state index >= 15 is 0 Å². The van der Waals surface area contributed by atoms with Gasteiger partial charge >= 0.3 is 0 Å². The number of benzene rings is 2. The summed E-state index contributed by atoms with van der Waals surface area (Å²) < 4.78 is 0. The van der Waals surface area contributed by atoms with Crippen LogP contribution in [-0.2, 0) is 5.88 Å². The van der Waals surface area contributed by atoms with Gasteiger partial charge in [0.2, 0.25) is 0 Å². The molecule has 0 saturated heterocycles. The van der Waals surface area contributed by atoms with Gasteiger partial charge in [0.1, 0.15) is 0 Å². The van der Waals surface area contributed by atoms with Crippen molar-refractivity contribution in [1.29, 1.82) is 0 Å². The van der Waals surface area contributed by atoms with Crippen molar-refractivity contribution in [3.63, 3.8) is 0 Å². The molecule has 0 heterocycles. The third-order valence-corrected chi connectivity index (χ3v) is 5.82. The average molecular weight is 376 g/mol. The van der Waals surface area contributed by atoms with Gasteiger partial charge in [0, 0.05) is 29.6 Å². The third kappa shape index (κ3) is 4.37. The van der Waals surface area contributed by atoms with E-state index in [4.69, 9.17) is 23.2 Å². The molecule has 0 unspecified atom stereocenters. The highest BCUT2D eigenvalue weighted by atomic mass is 35.5. The van der Waals surface area contributed by atoms with E-state index in [0.717, 1.165) is 31.2 Å². The Bertz CT molecular complexity index is 704. The van der Waals surface area contributed by atoms with Crippen LogP contribution >= 0.6 is 23.2 Å². The van der Waals surface area contributed by atoms with E-state index in [1.165, 1.54) is 5.56 Å². The lowest BCUT2D eigenvalue weighted by atomic mass is 9.81. The first-order valence-electron chi connectivity index (χ1n) is 8.76. The lowest BCUT2D eigenvalue weighted by Gasteiger charge is -2.35. The highest BCUT2D eigenvalue weighted by molar-refractivity contribution is 6.30. The van der Waals surface area contributed by atoms with Crippen LogP contribution in [0.15, 0.2) is 48.5 Å². The second-order valence-electron chi connectivity index (χ2n) is 6.80. The molecule has 1 aliphatic rings. The second-order valence-corrected chi connectivity index (χ2v) is 7.51. The van der Waals surface area contributed by atoms with Gasteiger partial charge in [0.25, 0.3) is 5.91 Å². The Morgan fingerprint density at radius 3 is 2.16 bits per heavy atom. The number of halogens is 2. The smallest absolute Gasteiger partial charge is 0.253 e. The predicted octanol–water partition coefficient (Wildman–Crippen LogP) is 5.88. The lowest BCUT2D eigenvalue weighted by Crippen LogP contribution is -2.39. The summed E-state index contributed by atoms with van der Waals surface area (Å²) in [5.74, 6) is 1.22. The summed E-state index contributed by atoms with van der Waals surface area (Å²) in [5.41, 5.74) is 3.25. The van der Waals surface area contributed by atoms with Gasteiger partial charge in [-0.05, 0) is 67.0 Å². The number of carbonyl (C=O) groups is 1. The molecule has 0 N–H and O–H groups in total. The number of hydrogen-bond donors (Lipinski definition) is 0. The van der Waals surface area contributed by atoms with Crippen LogP contribution in [0, 0.1) is 0 Å². The van der Waals surface area contributed by atoms with Crippen molar-refractivity contribution in [1.82, 2.24) is 4.90 Å². The molecule has 2 nitrogen and oxygen atoms in total. The fraction of sp³-hybridized carbons (Fsp3) is 0.381. The van der Waals surface area contributed by atoms with E-state index in [1.807, 2.05) is 11.9 Å². The van der Waals surface area contributed by atoms with Crippen molar-refractivity contribution in [3.05, 3.63) is 70.2 Å². The molecule has 4 heteroatoms. The largest absolute Gasteiger partial charge is 0.339 e. The third-order valence-electron chi connectivity index (χ3n) is 5.26. The monoisotopic (exact) mass is 375 g/mol. The van der Waals surface area contributed by atoms with E-state index in [2.05, 4.69) is 24.3 Å². The fourth-order valence-electron chi connectivity index (χ4n) is 3.64. The summed E-state index contributed by atoms with van der Waals surface area (Å²) in [4.78, 5) is 14.5. The van der Waals surface area contributed by atoms with Crippen molar-refractivity contribution in [3.8, 4) is 0 Å². The maximum Gasteiger partial charge on any atom is 0.253 e. The highest BCUT2D eigenvalue weighted by Crippen LogP contribution is 2.35. The van der Waals surface area contributed by atoms with Crippen LogP contribution in [-0.4, -0.2) is 23.9 Å². The Morgan fingerprint density at radius 1 is 1.00 bits per heavy atom. The molecule has 2 aromatic rings. The normalized spacial score (nSPS) is 20.3. The van der Waals surface area contributed by atoms with Gasteiger partial charge in [-0.15, -0.1) is 11.6 Å². The molecule has 1 amide bonds. The molecule has 0 aliphatic heterocycles. The molecule has 0 aromatic heterocycles. The summed E-state index contributed by atoms with van der Waals surface area (Å²) in [7, 11) is 1.91. The Balaban J connectivity index is 1.59. The molecule has 1 aliphatic carbocycles. The maximum absolute atomic E-state index is 12.6. The molecule has 0 spiro atoms. The van der Waals surface area contributed by atoms with Gasteiger partial charge in [-0.2, -0.15) is 0 Å². The zero-order valence-corrected chi connectivity index (χ0v) is 15.9. The SMILES string of the molecule is CN(C(=O)c1ccc(Cl)cc1)C1CCC(c2ccc(CCl)cc2)CC1. The molecule has 25 heavy (non-hydrogen) atoms. The standard InChI is InChI=1S/C21H23Cl2NO/c1-24(21(25)18-6-10-19(23)11-7-18)20-12-8-17(9-13-20)16-4-2-15(14-22)3-5-16/h2-7,10-11,17,20H,8-9,12-14H2,1H3. The topological polar surface area (TPSA) is 20.3 Å². The number of carbonyl (C=O) groups excluding carboxylic acids is 1. The van der Waals surface area contributed by atoms with Crippen molar-refractivity contribution in [2.75, 3.05) is 7.05 Å². The van der Waals surface area contributed by atoms with Crippen LogP contribution in [0.25, 0.3) is 0 Å². The van der Waals surface area contributed by atoms with E-state index in [9.17, 15) is 4.79 Å². The van der Waals surface area contributed by atoms with E-state index in [-0.39, 0.29) is 5.91 Å². The lowest BCUT2D eigenvalue weighted by molar-refractivity contribution is 0.0689. The van der Waals surface area contributed by atoms with E-state index in [0.29, 0.717) is 28.4 Å². The van der Waals surface area contributed by atoms with Crippen LogP contribution in [0.4, 0.5) is 0 Å². The first kappa shape index (κ1) is 18.3. The fourth-order valence-corrected chi connectivity index (χ4v) is 3.94. The highest BCUT2D eigenvalue weighted by Gasteiger charge is 2.27.